The maximum absolute atomic E-state index is 13.0. The summed E-state index contributed by atoms with van der Waals surface area (Å²) >= 11 is 6.29. The molecule has 7 heteroatoms. The molecule has 1 aromatic carbocycles. The van der Waals surface area contributed by atoms with Gasteiger partial charge in [-0.1, -0.05) is 35.0 Å². The summed E-state index contributed by atoms with van der Waals surface area (Å²) in [7, 11) is 3.47. The Balaban J connectivity index is 1.81. The van der Waals surface area contributed by atoms with E-state index in [9.17, 15) is 4.79 Å². The number of rotatable bonds is 4. The summed E-state index contributed by atoms with van der Waals surface area (Å²) in [5.41, 5.74) is 0.436. The van der Waals surface area contributed by atoms with Gasteiger partial charge in [0.2, 0.25) is 5.91 Å². The normalized spacial score (nSPS) is 16.8. The minimum atomic E-state index is -0.705. The lowest BCUT2D eigenvalue weighted by Crippen LogP contribution is -2.65. The third-order valence-electron chi connectivity index (χ3n) is 4.83. The molecule has 1 aromatic heterocycles. The zero-order valence-corrected chi connectivity index (χ0v) is 15.0. The number of carbonyl (C=O) groups excluding carboxylic acids is 1. The second-order valence-corrected chi connectivity index (χ2v) is 7.11. The molecule has 2 aromatic rings. The van der Waals surface area contributed by atoms with Gasteiger partial charge in [0, 0.05) is 19.2 Å². The lowest BCUT2D eigenvalue weighted by atomic mass is 9.80. The van der Waals surface area contributed by atoms with Gasteiger partial charge in [-0.2, -0.15) is 0 Å². The Bertz CT molecular complexity index is 765. The molecule has 0 saturated carbocycles. The van der Waals surface area contributed by atoms with Gasteiger partial charge in [-0.3, -0.25) is 4.79 Å². The Morgan fingerprint density at radius 1 is 1.33 bits per heavy atom. The second-order valence-electron chi connectivity index (χ2n) is 6.71. The quantitative estimate of drug-likeness (QED) is 0.849. The molecule has 1 aliphatic rings. The van der Waals surface area contributed by atoms with Crippen LogP contribution in [-0.2, 0) is 27.6 Å². The third kappa shape index (κ3) is 2.50. The van der Waals surface area contributed by atoms with Gasteiger partial charge in [0.05, 0.1) is 30.4 Å². The predicted molar refractivity (Wildman–Crippen MR) is 90.7 cm³/mol. The van der Waals surface area contributed by atoms with Crippen LogP contribution < -0.4 is 0 Å². The Morgan fingerprint density at radius 2 is 2.00 bits per heavy atom. The predicted octanol–water partition coefficient (Wildman–Crippen LogP) is 2.13. The van der Waals surface area contributed by atoms with Crippen LogP contribution in [-0.4, -0.2) is 46.0 Å². The zero-order valence-electron chi connectivity index (χ0n) is 14.3. The van der Waals surface area contributed by atoms with Crippen LogP contribution in [0.1, 0.15) is 25.1 Å². The fraction of sp³-hybridized carbons (Fsp3) is 0.471. The molecule has 0 radical (unpaired) electrons. The molecule has 6 nitrogen and oxygen atoms in total. The fourth-order valence-corrected chi connectivity index (χ4v) is 3.66. The SMILES string of the molecule is COC1(c2cnnn2C)CN(C(=O)C(C)(C)c2ccccc2Cl)C1. The van der Waals surface area contributed by atoms with Crippen molar-refractivity contribution in [3.8, 4) is 0 Å². The van der Waals surface area contributed by atoms with Crippen molar-refractivity contribution >= 4 is 17.5 Å². The van der Waals surface area contributed by atoms with Gasteiger partial charge in [0.25, 0.3) is 0 Å². The van der Waals surface area contributed by atoms with Gasteiger partial charge >= 0.3 is 0 Å². The van der Waals surface area contributed by atoms with E-state index in [2.05, 4.69) is 10.3 Å². The standard InChI is InChI=1S/C17H21ClN4O2/c1-16(2,12-7-5-6-8-13(12)18)15(23)22-10-17(11-22,24-4)14-9-19-20-21(14)3/h5-9H,10-11H2,1-4H3. The highest BCUT2D eigenvalue weighted by Crippen LogP contribution is 2.39. The molecule has 1 aliphatic heterocycles. The van der Waals surface area contributed by atoms with E-state index < -0.39 is 11.0 Å². The monoisotopic (exact) mass is 348 g/mol. The molecule has 3 rings (SSSR count). The van der Waals surface area contributed by atoms with E-state index in [4.69, 9.17) is 16.3 Å². The summed E-state index contributed by atoms with van der Waals surface area (Å²) in [5.74, 6) is 0.0263. The number of amides is 1. The first-order chi connectivity index (χ1) is 11.3. The van der Waals surface area contributed by atoms with Crippen LogP contribution in [0.2, 0.25) is 5.02 Å². The van der Waals surface area contributed by atoms with Crippen LogP contribution in [0.4, 0.5) is 0 Å². The molecule has 0 N–H and O–H groups in total. The van der Waals surface area contributed by atoms with E-state index in [0.717, 1.165) is 11.3 Å². The van der Waals surface area contributed by atoms with Crippen LogP contribution in [0, 0.1) is 0 Å². The molecule has 1 fully saturated rings. The van der Waals surface area contributed by atoms with Gasteiger partial charge in [-0.25, -0.2) is 4.68 Å². The first-order valence-electron chi connectivity index (χ1n) is 7.76. The first-order valence-corrected chi connectivity index (χ1v) is 8.14. The minimum Gasteiger partial charge on any atom is -0.368 e. The van der Waals surface area contributed by atoms with E-state index in [1.54, 1.807) is 22.9 Å². The summed E-state index contributed by atoms with van der Waals surface area (Å²) in [5, 5.41) is 8.47. The maximum Gasteiger partial charge on any atom is 0.232 e. The molecular weight excluding hydrogens is 328 g/mol. The largest absolute Gasteiger partial charge is 0.368 e. The van der Waals surface area contributed by atoms with E-state index in [-0.39, 0.29) is 5.91 Å². The number of ether oxygens (including phenoxy) is 1. The number of aromatic nitrogens is 3. The third-order valence-corrected chi connectivity index (χ3v) is 5.16. The number of aryl methyl sites for hydroxylation is 1. The molecule has 0 aliphatic carbocycles. The van der Waals surface area contributed by atoms with E-state index in [1.165, 1.54) is 0 Å². The molecule has 1 saturated heterocycles. The van der Waals surface area contributed by atoms with Crippen molar-refractivity contribution in [2.24, 2.45) is 7.05 Å². The van der Waals surface area contributed by atoms with Gasteiger partial charge in [-0.15, -0.1) is 5.10 Å². The van der Waals surface area contributed by atoms with Crippen molar-refractivity contribution in [2.45, 2.75) is 24.9 Å². The number of benzene rings is 1. The average molecular weight is 349 g/mol. The van der Waals surface area contributed by atoms with Gasteiger partial charge in [0.1, 0.15) is 5.60 Å². The lowest BCUT2D eigenvalue weighted by Gasteiger charge is -2.50. The van der Waals surface area contributed by atoms with Crippen molar-refractivity contribution < 1.29 is 9.53 Å². The van der Waals surface area contributed by atoms with E-state index in [1.807, 2.05) is 45.2 Å². The summed E-state index contributed by atoms with van der Waals surface area (Å²) in [6.45, 7) is 4.73. The zero-order chi connectivity index (χ0) is 17.5. The number of methoxy groups -OCH3 is 1. The summed E-state index contributed by atoms with van der Waals surface area (Å²) in [6, 6.07) is 7.46. The Morgan fingerprint density at radius 3 is 2.54 bits per heavy atom. The van der Waals surface area contributed by atoms with Crippen molar-refractivity contribution in [1.82, 2.24) is 19.9 Å². The molecule has 1 amide bonds. The highest BCUT2D eigenvalue weighted by atomic mass is 35.5. The van der Waals surface area contributed by atoms with Crippen molar-refractivity contribution in [3.63, 3.8) is 0 Å². The van der Waals surface area contributed by atoms with Gasteiger partial charge < -0.3 is 9.64 Å². The number of carbonyl (C=O) groups is 1. The molecule has 128 valence electrons. The molecule has 2 heterocycles. The Kier molecular flexibility index (Phi) is 4.13. The molecule has 0 unspecified atom stereocenters. The van der Waals surface area contributed by atoms with Crippen molar-refractivity contribution in [2.75, 3.05) is 20.2 Å². The molecule has 0 atom stereocenters. The molecule has 24 heavy (non-hydrogen) atoms. The van der Waals surface area contributed by atoms with Crippen LogP contribution in [0.5, 0.6) is 0 Å². The number of likely N-dealkylation sites (tertiary alicyclic amines) is 1. The maximum atomic E-state index is 13.0. The molecule has 0 bridgehead atoms. The van der Waals surface area contributed by atoms with Crippen molar-refractivity contribution in [1.29, 1.82) is 0 Å². The summed E-state index contributed by atoms with van der Waals surface area (Å²) in [6.07, 6.45) is 1.69. The fourth-order valence-electron chi connectivity index (χ4n) is 3.29. The minimum absolute atomic E-state index is 0.0263. The highest BCUT2D eigenvalue weighted by Gasteiger charge is 2.52. The lowest BCUT2D eigenvalue weighted by molar-refractivity contribution is -0.170. The topological polar surface area (TPSA) is 60.3 Å². The van der Waals surface area contributed by atoms with Crippen LogP contribution in [0.25, 0.3) is 0 Å². The first kappa shape index (κ1) is 16.9. The Hall–Kier alpha value is -1.92. The highest BCUT2D eigenvalue weighted by molar-refractivity contribution is 6.31. The smallest absolute Gasteiger partial charge is 0.232 e. The van der Waals surface area contributed by atoms with Crippen LogP contribution in [0.3, 0.4) is 0 Å². The van der Waals surface area contributed by atoms with Crippen molar-refractivity contribution in [3.05, 3.63) is 46.7 Å². The van der Waals surface area contributed by atoms with E-state index in [0.29, 0.717) is 18.1 Å². The number of hydrogen-bond acceptors (Lipinski definition) is 4. The van der Waals surface area contributed by atoms with Gasteiger partial charge in [-0.05, 0) is 25.5 Å². The summed E-state index contributed by atoms with van der Waals surface area (Å²) in [4.78, 5) is 14.8. The number of nitrogens with zero attached hydrogens (tertiary/aromatic N) is 4. The number of hydrogen-bond donors (Lipinski definition) is 0. The molecular formula is C17H21ClN4O2. The van der Waals surface area contributed by atoms with Crippen LogP contribution >= 0.6 is 11.6 Å². The molecule has 0 spiro atoms. The van der Waals surface area contributed by atoms with Crippen LogP contribution in [0.15, 0.2) is 30.5 Å². The van der Waals surface area contributed by atoms with Gasteiger partial charge in [0.15, 0.2) is 0 Å². The average Bonchev–Trinajstić information content (AvgIpc) is 2.93. The van der Waals surface area contributed by atoms with E-state index >= 15 is 0 Å². The number of halogens is 1. The Labute approximate surface area is 146 Å². The second kappa shape index (κ2) is 5.86. The summed E-state index contributed by atoms with van der Waals surface area (Å²) < 4.78 is 7.39.